The van der Waals surface area contributed by atoms with Crippen LogP contribution in [0.15, 0.2) is 0 Å². The highest BCUT2D eigenvalue weighted by molar-refractivity contribution is 5.83. The van der Waals surface area contributed by atoms with Gasteiger partial charge in [-0.1, -0.05) is 6.92 Å². The van der Waals surface area contributed by atoms with E-state index in [2.05, 4.69) is 12.2 Å². The lowest BCUT2D eigenvalue weighted by Crippen LogP contribution is -2.26. The molecular formula is C10H19NO2. The largest absolute Gasteiger partial charge is 0.371 e. The van der Waals surface area contributed by atoms with E-state index in [1.54, 1.807) is 0 Å². The van der Waals surface area contributed by atoms with Gasteiger partial charge in [0.05, 0.1) is 6.10 Å². The molecule has 0 aliphatic carbocycles. The minimum atomic E-state index is 0.147. The first-order valence-electron chi connectivity index (χ1n) is 4.96. The van der Waals surface area contributed by atoms with Crippen LogP contribution in [-0.4, -0.2) is 31.6 Å². The van der Waals surface area contributed by atoms with Gasteiger partial charge in [-0.05, 0) is 26.3 Å². The van der Waals surface area contributed by atoms with Gasteiger partial charge in [0.2, 0.25) is 0 Å². The Morgan fingerprint density at radius 3 is 2.69 bits per heavy atom. The summed E-state index contributed by atoms with van der Waals surface area (Å²) >= 11 is 0. The third-order valence-electron chi connectivity index (χ3n) is 2.49. The first-order valence-corrected chi connectivity index (χ1v) is 4.96. The molecule has 0 aromatic rings. The summed E-state index contributed by atoms with van der Waals surface area (Å²) in [5.74, 6) is 0.869. The van der Waals surface area contributed by atoms with Gasteiger partial charge in [-0.2, -0.15) is 0 Å². The zero-order valence-corrected chi connectivity index (χ0v) is 8.67. The minimum Gasteiger partial charge on any atom is -0.371 e. The summed E-state index contributed by atoms with van der Waals surface area (Å²) < 4.78 is 5.29. The molecule has 0 aromatic carbocycles. The van der Waals surface area contributed by atoms with Crippen molar-refractivity contribution in [3.8, 4) is 0 Å². The van der Waals surface area contributed by atoms with Crippen molar-refractivity contribution in [3.05, 3.63) is 0 Å². The smallest absolute Gasteiger partial charge is 0.163 e. The molecule has 0 saturated carbocycles. The van der Waals surface area contributed by atoms with Gasteiger partial charge in [0.1, 0.15) is 6.61 Å². The van der Waals surface area contributed by atoms with E-state index in [1.165, 1.54) is 0 Å². The van der Waals surface area contributed by atoms with Crippen LogP contribution < -0.4 is 5.32 Å². The van der Waals surface area contributed by atoms with Gasteiger partial charge >= 0.3 is 0 Å². The van der Waals surface area contributed by atoms with E-state index in [4.69, 9.17) is 4.74 Å². The number of ether oxygens (including phenoxy) is 1. The molecule has 0 radical (unpaired) electrons. The average molecular weight is 185 g/mol. The highest BCUT2D eigenvalue weighted by Gasteiger charge is 2.29. The fraction of sp³-hybridized carbons (Fsp3) is 0.900. The number of hydrogen-bond donors (Lipinski definition) is 1. The van der Waals surface area contributed by atoms with E-state index < -0.39 is 0 Å². The lowest BCUT2D eigenvalue weighted by molar-refractivity contribution is -0.129. The maximum Gasteiger partial charge on any atom is 0.163 e. The molecule has 1 heterocycles. The normalized spacial score (nSPS) is 28.3. The Morgan fingerprint density at radius 1 is 1.54 bits per heavy atom. The minimum absolute atomic E-state index is 0.147. The van der Waals surface area contributed by atoms with E-state index in [-0.39, 0.29) is 24.4 Å². The zero-order chi connectivity index (χ0) is 9.84. The van der Waals surface area contributed by atoms with Gasteiger partial charge < -0.3 is 10.1 Å². The number of Topliss-reactive ketones (excluding diaryl/α,β-unsaturated/α-hetero) is 1. The van der Waals surface area contributed by atoms with Crippen LogP contribution in [0.2, 0.25) is 0 Å². The quantitative estimate of drug-likeness (QED) is 0.705. The van der Waals surface area contributed by atoms with Gasteiger partial charge in [-0.15, -0.1) is 0 Å². The van der Waals surface area contributed by atoms with Crippen molar-refractivity contribution < 1.29 is 9.53 Å². The molecule has 76 valence electrons. The predicted octanol–water partition coefficient (Wildman–Crippen LogP) is 0.836. The lowest BCUT2D eigenvalue weighted by atomic mass is 9.94. The molecule has 13 heavy (non-hydrogen) atoms. The van der Waals surface area contributed by atoms with Crippen molar-refractivity contribution in [2.45, 2.75) is 26.9 Å². The Bertz CT molecular complexity index is 180. The Morgan fingerprint density at radius 2 is 2.23 bits per heavy atom. The fourth-order valence-electron chi connectivity index (χ4n) is 1.60. The van der Waals surface area contributed by atoms with E-state index in [9.17, 15) is 4.79 Å². The summed E-state index contributed by atoms with van der Waals surface area (Å²) in [5, 5.41) is 3.21. The fourth-order valence-corrected chi connectivity index (χ4v) is 1.60. The molecule has 0 aromatic heterocycles. The lowest BCUT2D eigenvalue weighted by Gasteiger charge is -2.13. The summed E-state index contributed by atoms with van der Waals surface area (Å²) in [4.78, 5) is 11.6. The molecule has 3 nitrogen and oxygen atoms in total. The third kappa shape index (κ3) is 3.08. The molecule has 1 rings (SSSR count). The summed E-state index contributed by atoms with van der Waals surface area (Å²) in [6.45, 7) is 8.05. The number of carbonyl (C=O) groups is 1. The maximum atomic E-state index is 11.6. The molecule has 1 aliphatic heterocycles. The summed E-state index contributed by atoms with van der Waals surface area (Å²) in [6.07, 6.45) is 0.147. The topological polar surface area (TPSA) is 38.3 Å². The summed E-state index contributed by atoms with van der Waals surface area (Å²) in [6, 6.07) is 0. The van der Waals surface area contributed by atoms with Crippen LogP contribution in [0, 0.1) is 11.8 Å². The SMILES string of the molecule is CC(C)OCC(=O)C1CNCC1C. The van der Waals surface area contributed by atoms with E-state index in [1.807, 2.05) is 13.8 Å². The van der Waals surface area contributed by atoms with Gasteiger partial charge in [0, 0.05) is 12.5 Å². The van der Waals surface area contributed by atoms with Crippen LogP contribution in [0.25, 0.3) is 0 Å². The van der Waals surface area contributed by atoms with Gasteiger partial charge in [0.25, 0.3) is 0 Å². The van der Waals surface area contributed by atoms with Crippen molar-refractivity contribution in [2.75, 3.05) is 19.7 Å². The van der Waals surface area contributed by atoms with E-state index in [0.29, 0.717) is 5.92 Å². The van der Waals surface area contributed by atoms with Crippen LogP contribution in [0.3, 0.4) is 0 Å². The van der Waals surface area contributed by atoms with E-state index >= 15 is 0 Å². The molecule has 2 unspecified atom stereocenters. The highest BCUT2D eigenvalue weighted by Crippen LogP contribution is 2.16. The second-order valence-corrected chi connectivity index (χ2v) is 4.07. The monoisotopic (exact) mass is 185 g/mol. The average Bonchev–Trinajstić information content (AvgIpc) is 2.47. The summed E-state index contributed by atoms with van der Waals surface area (Å²) in [5.41, 5.74) is 0. The standard InChI is InChI=1S/C10H19NO2/c1-7(2)13-6-10(12)9-5-11-4-8(9)3/h7-9,11H,4-6H2,1-3H3. The third-order valence-corrected chi connectivity index (χ3v) is 2.49. The van der Waals surface area contributed by atoms with Crippen LogP contribution in [0.1, 0.15) is 20.8 Å². The number of hydrogen-bond acceptors (Lipinski definition) is 3. The molecule has 0 bridgehead atoms. The van der Waals surface area contributed by atoms with Gasteiger partial charge in [-0.3, -0.25) is 4.79 Å². The molecular weight excluding hydrogens is 166 g/mol. The molecule has 2 atom stereocenters. The maximum absolute atomic E-state index is 11.6. The second-order valence-electron chi connectivity index (χ2n) is 4.07. The number of nitrogens with one attached hydrogen (secondary N) is 1. The number of carbonyl (C=O) groups excluding carboxylic acids is 1. The van der Waals surface area contributed by atoms with Gasteiger partial charge in [-0.25, -0.2) is 0 Å². The molecule has 3 heteroatoms. The van der Waals surface area contributed by atoms with E-state index in [0.717, 1.165) is 13.1 Å². The zero-order valence-electron chi connectivity index (χ0n) is 8.67. The first kappa shape index (κ1) is 10.7. The Labute approximate surface area is 79.8 Å². The molecule has 1 fully saturated rings. The first-order chi connectivity index (χ1) is 6.11. The molecule has 1 aliphatic rings. The van der Waals surface area contributed by atoms with Crippen LogP contribution in [-0.2, 0) is 9.53 Å². The number of rotatable bonds is 4. The van der Waals surface area contributed by atoms with Crippen LogP contribution >= 0.6 is 0 Å². The van der Waals surface area contributed by atoms with Crippen LogP contribution in [0.5, 0.6) is 0 Å². The van der Waals surface area contributed by atoms with Crippen molar-refractivity contribution in [1.82, 2.24) is 5.32 Å². The van der Waals surface area contributed by atoms with Crippen molar-refractivity contribution in [2.24, 2.45) is 11.8 Å². The van der Waals surface area contributed by atoms with Crippen LogP contribution in [0.4, 0.5) is 0 Å². The predicted molar refractivity (Wildman–Crippen MR) is 51.6 cm³/mol. The number of ketones is 1. The second kappa shape index (κ2) is 4.72. The molecule has 0 amide bonds. The highest BCUT2D eigenvalue weighted by atomic mass is 16.5. The van der Waals surface area contributed by atoms with Crippen molar-refractivity contribution in [3.63, 3.8) is 0 Å². The molecule has 1 saturated heterocycles. The van der Waals surface area contributed by atoms with Gasteiger partial charge in [0.15, 0.2) is 5.78 Å². The Kier molecular flexibility index (Phi) is 3.88. The Hall–Kier alpha value is -0.410. The van der Waals surface area contributed by atoms with Crippen molar-refractivity contribution >= 4 is 5.78 Å². The molecule has 0 spiro atoms. The summed E-state index contributed by atoms with van der Waals surface area (Å²) in [7, 11) is 0. The Balaban J connectivity index is 2.30. The van der Waals surface area contributed by atoms with Crippen molar-refractivity contribution in [1.29, 1.82) is 0 Å². The molecule has 1 N–H and O–H groups in total.